The molecule has 0 aromatic heterocycles. The van der Waals surface area contributed by atoms with E-state index < -0.39 is 0 Å². The van der Waals surface area contributed by atoms with Crippen molar-refractivity contribution in [3.63, 3.8) is 0 Å². The van der Waals surface area contributed by atoms with Crippen LogP contribution in [0.3, 0.4) is 0 Å². The largest absolute Gasteiger partial charge is 0.391 e. The highest BCUT2D eigenvalue weighted by Crippen LogP contribution is 2.09. The lowest BCUT2D eigenvalue weighted by atomic mass is 10.1. The zero-order valence-corrected chi connectivity index (χ0v) is 6.31. The molecule has 0 saturated carbocycles. The van der Waals surface area contributed by atoms with Crippen LogP contribution in [-0.4, -0.2) is 16.6 Å². The van der Waals surface area contributed by atoms with Crippen LogP contribution in [0.25, 0.3) is 0 Å². The Balaban J connectivity index is 3.46. The van der Waals surface area contributed by atoms with Gasteiger partial charge in [0.1, 0.15) is 0 Å². The highest BCUT2D eigenvalue weighted by Gasteiger charge is 2.13. The van der Waals surface area contributed by atoms with Gasteiger partial charge in [0.25, 0.3) is 0 Å². The SMILES string of the molecule is CC(C)[C@H](O)[C@@H](C)Cl. The Morgan fingerprint density at radius 3 is 1.62 bits per heavy atom. The van der Waals surface area contributed by atoms with Crippen molar-refractivity contribution in [3.8, 4) is 0 Å². The molecule has 0 aromatic rings. The predicted molar refractivity (Wildman–Crippen MR) is 36.2 cm³/mol. The zero-order valence-electron chi connectivity index (χ0n) is 5.56. The molecule has 1 N–H and O–H groups in total. The van der Waals surface area contributed by atoms with Crippen molar-refractivity contribution in [3.05, 3.63) is 0 Å². The van der Waals surface area contributed by atoms with Crippen LogP contribution in [-0.2, 0) is 0 Å². The van der Waals surface area contributed by atoms with Crippen molar-refractivity contribution in [2.75, 3.05) is 0 Å². The maximum atomic E-state index is 9.07. The molecule has 0 radical (unpaired) electrons. The van der Waals surface area contributed by atoms with Crippen molar-refractivity contribution in [2.45, 2.75) is 32.3 Å². The topological polar surface area (TPSA) is 20.2 Å². The quantitative estimate of drug-likeness (QED) is 0.573. The third kappa shape index (κ3) is 2.53. The van der Waals surface area contributed by atoms with Crippen LogP contribution in [0.1, 0.15) is 20.8 Å². The molecule has 0 aliphatic rings. The molecule has 0 aliphatic carbocycles. The molecule has 50 valence electrons. The summed E-state index contributed by atoms with van der Waals surface area (Å²) in [7, 11) is 0. The number of hydrogen-bond donors (Lipinski definition) is 1. The molecular weight excluding hydrogens is 124 g/mol. The van der Waals surface area contributed by atoms with Crippen LogP contribution in [0.4, 0.5) is 0 Å². The second-order valence-electron chi connectivity index (χ2n) is 2.41. The molecule has 8 heavy (non-hydrogen) atoms. The summed E-state index contributed by atoms with van der Waals surface area (Å²) in [5.74, 6) is 0.266. The molecule has 0 amide bonds. The first-order valence-electron chi connectivity index (χ1n) is 2.88. The molecule has 0 aromatic carbocycles. The van der Waals surface area contributed by atoms with E-state index in [0.717, 1.165) is 0 Å². The first-order chi connectivity index (χ1) is 3.55. The molecule has 0 fully saturated rings. The molecule has 0 heterocycles. The maximum Gasteiger partial charge on any atom is 0.0723 e. The Bertz CT molecular complexity index is 53.5. The predicted octanol–water partition coefficient (Wildman–Crippen LogP) is 1.63. The normalized spacial score (nSPS) is 18.8. The number of aliphatic hydroxyl groups excluding tert-OH is 1. The van der Waals surface area contributed by atoms with Crippen LogP contribution >= 0.6 is 11.6 Å². The Labute approximate surface area is 55.7 Å². The number of aliphatic hydroxyl groups is 1. The molecular formula is C6H13ClO. The van der Waals surface area contributed by atoms with Gasteiger partial charge >= 0.3 is 0 Å². The van der Waals surface area contributed by atoms with Gasteiger partial charge in [-0.15, -0.1) is 11.6 Å². The molecule has 1 nitrogen and oxygen atoms in total. The van der Waals surface area contributed by atoms with Gasteiger partial charge in [-0.1, -0.05) is 13.8 Å². The fourth-order valence-electron chi connectivity index (χ4n) is 0.530. The second kappa shape index (κ2) is 3.31. The van der Waals surface area contributed by atoms with Gasteiger partial charge in [-0.3, -0.25) is 0 Å². The van der Waals surface area contributed by atoms with Crippen LogP contribution in [0.2, 0.25) is 0 Å². The molecule has 0 spiro atoms. The van der Waals surface area contributed by atoms with Gasteiger partial charge in [-0.2, -0.15) is 0 Å². The van der Waals surface area contributed by atoms with Crippen LogP contribution in [0, 0.1) is 5.92 Å². The Morgan fingerprint density at radius 2 is 1.62 bits per heavy atom. The maximum absolute atomic E-state index is 9.07. The molecule has 0 aliphatic heterocycles. The zero-order chi connectivity index (χ0) is 6.73. The van der Waals surface area contributed by atoms with E-state index in [-0.39, 0.29) is 17.4 Å². The number of rotatable bonds is 2. The smallest absolute Gasteiger partial charge is 0.0723 e. The minimum atomic E-state index is -0.364. The van der Waals surface area contributed by atoms with E-state index >= 15 is 0 Å². The number of alkyl halides is 1. The lowest BCUT2D eigenvalue weighted by Crippen LogP contribution is -2.23. The van der Waals surface area contributed by atoms with E-state index in [1.54, 1.807) is 6.92 Å². The summed E-state index contributed by atoms with van der Waals surface area (Å²) in [5.41, 5.74) is 0. The van der Waals surface area contributed by atoms with Gasteiger partial charge in [-0.05, 0) is 12.8 Å². The monoisotopic (exact) mass is 136 g/mol. The fraction of sp³-hybridized carbons (Fsp3) is 1.00. The van der Waals surface area contributed by atoms with E-state index in [1.807, 2.05) is 13.8 Å². The number of halogens is 1. The van der Waals surface area contributed by atoms with Gasteiger partial charge in [0.05, 0.1) is 11.5 Å². The van der Waals surface area contributed by atoms with Crippen LogP contribution in [0.15, 0.2) is 0 Å². The van der Waals surface area contributed by atoms with Crippen molar-refractivity contribution in [1.82, 2.24) is 0 Å². The minimum absolute atomic E-state index is 0.130. The summed E-state index contributed by atoms with van der Waals surface area (Å²) in [6.07, 6.45) is -0.364. The van der Waals surface area contributed by atoms with Gasteiger partial charge in [-0.25, -0.2) is 0 Å². The van der Waals surface area contributed by atoms with Crippen LogP contribution in [0.5, 0.6) is 0 Å². The summed E-state index contributed by atoms with van der Waals surface area (Å²) in [6, 6.07) is 0. The lowest BCUT2D eigenvalue weighted by molar-refractivity contribution is 0.125. The van der Waals surface area contributed by atoms with Gasteiger partial charge in [0, 0.05) is 0 Å². The molecule has 0 bridgehead atoms. The molecule has 2 atom stereocenters. The molecule has 0 rings (SSSR count). The van der Waals surface area contributed by atoms with Crippen molar-refractivity contribution >= 4 is 11.6 Å². The number of hydrogen-bond acceptors (Lipinski definition) is 1. The molecule has 0 unspecified atom stereocenters. The first kappa shape index (κ1) is 8.25. The van der Waals surface area contributed by atoms with Gasteiger partial charge in [0.2, 0.25) is 0 Å². The summed E-state index contributed by atoms with van der Waals surface area (Å²) in [4.78, 5) is 0. The summed E-state index contributed by atoms with van der Waals surface area (Å²) < 4.78 is 0. The van der Waals surface area contributed by atoms with E-state index in [1.165, 1.54) is 0 Å². The summed E-state index contributed by atoms with van der Waals surface area (Å²) >= 11 is 5.57. The first-order valence-corrected chi connectivity index (χ1v) is 3.31. The van der Waals surface area contributed by atoms with E-state index in [4.69, 9.17) is 16.7 Å². The standard InChI is InChI=1S/C6H13ClO/c1-4(2)6(8)5(3)7/h4-6,8H,1-3H3/t5-,6+/m1/s1. The highest BCUT2D eigenvalue weighted by molar-refractivity contribution is 6.20. The average Bonchev–Trinajstić information content (AvgIpc) is 1.64. The van der Waals surface area contributed by atoms with Crippen molar-refractivity contribution in [1.29, 1.82) is 0 Å². The van der Waals surface area contributed by atoms with Crippen LogP contribution < -0.4 is 0 Å². The van der Waals surface area contributed by atoms with Crippen molar-refractivity contribution < 1.29 is 5.11 Å². The van der Waals surface area contributed by atoms with E-state index in [0.29, 0.717) is 0 Å². The average molecular weight is 137 g/mol. The fourth-order valence-corrected chi connectivity index (χ4v) is 0.821. The third-order valence-corrected chi connectivity index (χ3v) is 1.41. The van der Waals surface area contributed by atoms with E-state index in [2.05, 4.69) is 0 Å². The summed E-state index contributed by atoms with van der Waals surface area (Å²) in [5, 5.41) is 8.94. The van der Waals surface area contributed by atoms with E-state index in [9.17, 15) is 0 Å². The lowest BCUT2D eigenvalue weighted by Gasteiger charge is -2.15. The summed E-state index contributed by atoms with van der Waals surface area (Å²) in [6.45, 7) is 5.69. The third-order valence-electron chi connectivity index (χ3n) is 1.15. The Kier molecular flexibility index (Phi) is 3.41. The van der Waals surface area contributed by atoms with Gasteiger partial charge < -0.3 is 5.11 Å². The molecule has 0 saturated heterocycles. The Morgan fingerprint density at radius 1 is 1.25 bits per heavy atom. The highest BCUT2D eigenvalue weighted by atomic mass is 35.5. The van der Waals surface area contributed by atoms with Gasteiger partial charge in [0.15, 0.2) is 0 Å². The molecule has 2 heteroatoms. The minimum Gasteiger partial charge on any atom is -0.391 e. The second-order valence-corrected chi connectivity index (χ2v) is 3.10. The Hall–Kier alpha value is 0.250. The van der Waals surface area contributed by atoms with Crippen molar-refractivity contribution in [2.24, 2.45) is 5.92 Å².